The van der Waals surface area contributed by atoms with E-state index in [2.05, 4.69) is 5.32 Å². The Morgan fingerprint density at radius 3 is 2.40 bits per heavy atom. The molecular formula is C26H25N3O5S. The Kier molecular flexibility index (Phi) is 7.26. The summed E-state index contributed by atoms with van der Waals surface area (Å²) in [6, 6.07) is 19.4. The van der Waals surface area contributed by atoms with Crippen molar-refractivity contribution in [3.63, 3.8) is 0 Å². The molecule has 1 heterocycles. The zero-order valence-electron chi connectivity index (χ0n) is 19.8. The van der Waals surface area contributed by atoms with Crippen LogP contribution in [0.1, 0.15) is 6.92 Å². The lowest BCUT2D eigenvalue weighted by atomic mass is 10.2. The minimum absolute atomic E-state index is 0.258. The number of ether oxygens (including phenoxy) is 3. The third-order valence-electron chi connectivity index (χ3n) is 5.39. The predicted octanol–water partition coefficient (Wildman–Crippen LogP) is 4.53. The molecule has 0 aliphatic heterocycles. The van der Waals surface area contributed by atoms with Gasteiger partial charge in [0.1, 0.15) is 17.2 Å². The highest BCUT2D eigenvalue weighted by Crippen LogP contribution is 2.32. The zero-order valence-corrected chi connectivity index (χ0v) is 20.6. The van der Waals surface area contributed by atoms with Crippen molar-refractivity contribution < 1.29 is 19.0 Å². The van der Waals surface area contributed by atoms with Crippen LogP contribution in [0.5, 0.6) is 17.2 Å². The number of para-hydroxylation sites is 3. The number of hydrogen-bond donors (Lipinski definition) is 1. The number of nitrogens with zero attached hydrogens (tertiary/aromatic N) is 2. The van der Waals surface area contributed by atoms with Crippen LogP contribution in [0.3, 0.4) is 0 Å². The van der Waals surface area contributed by atoms with Crippen LogP contribution >= 0.6 is 11.8 Å². The van der Waals surface area contributed by atoms with Crippen molar-refractivity contribution in [3.8, 4) is 22.9 Å². The van der Waals surface area contributed by atoms with Gasteiger partial charge in [0, 0.05) is 6.07 Å². The number of fused-ring (bicyclic) bond motifs is 1. The zero-order chi connectivity index (χ0) is 24.9. The van der Waals surface area contributed by atoms with E-state index in [-0.39, 0.29) is 11.5 Å². The molecule has 0 bridgehead atoms. The maximum Gasteiger partial charge on any atom is 0.266 e. The summed E-state index contributed by atoms with van der Waals surface area (Å²) in [4.78, 5) is 31.4. The van der Waals surface area contributed by atoms with Gasteiger partial charge in [-0.1, -0.05) is 36.0 Å². The molecule has 4 aromatic rings. The van der Waals surface area contributed by atoms with Crippen LogP contribution < -0.4 is 25.1 Å². The Hall–Kier alpha value is -3.98. The lowest BCUT2D eigenvalue weighted by Gasteiger charge is -2.19. The molecule has 180 valence electrons. The Balaban J connectivity index is 1.79. The molecule has 0 aliphatic rings. The normalized spacial score (nSPS) is 11.7. The first-order chi connectivity index (χ1) is 17.0. The van der Waals surface area contributed by atoms with Gasteiger partial charge in [-0.2, -0.15) is 0 Å². The number of benzene rings is 3. The average molecular weight is 492 g/mol. The molecule has 1 N–H and O–H groups in total. The number of thioether (sulfide) groups is 1. The molecule has 0 aliphatic carbocycles. The lowest BCUT2D eigenvalue weighted by Crippen LogP contribution is -2.26. The van der Waals surface area contributed by atoms with Gasteiger partial charge in [0.05, 0.1) is 48.9 Å². The highest BCUT2D eigenvalue weighted by atomic mass is 32.2. The molecule has 1 aromatic heterocycles. The van der Waals surface area contributed by atoms with Gasteiger partial charge < -0.3 is 19.5 Å². The number of aromatic nitrogens is 2. The van der Waals surface area contributed by atoms with Gasteiger partial charge in [-0.25, -0.2) is 4.98 Å². The summed E-state index contributed by atoms with van der Waals surface area (Å²) in [6.45, 7) is 1.75. The quantitative estimate of drug-likeness (QED) is 0.286. The number of amides is 1. The van der Waals surface area contributed by atoms with Crippen LogP contribution in [0, 0.1) is 0 Å². The minimum atomic E-state index is -0.587. The van der Waals surface area contributed by atoms with E-state index < -0.39 is 5.25 Å². The number of carbonyl (C=O) groups excluding carboxylic acids is 1. The van der Waals surface area contributed by atoms with E-state index >= 15 is 0 Å². The molecule has 35 heavy (non-hydrogen) atoms. The maximum atomic E-state index is 13.6. The topological polar surface area (TPSA) is 91.7 Å². The predicted molar refractivity (Wildman–Crippen MR) is 137 cm³/mol. The van der Waals surface area contributed by atoms with Crippen LogP contribution in [0.2, 0.25) is 0 Å². The monoisotopic (exact) mass is 491 g/mol. The Bertz CT molecular complexity index is 1440. The van der Waals surface area contributed by atoms with Crippen LogP contribution in [-0.4, -0.2) is 42.0 Å². The number of hydrogen-bond acceptors (Lipinski definition) is 7. The first-order valence-corrected chi connectivity index (χ1v) is 11.7. The van der Waals surface area contributed by atoms with Gasteiger partial charge in [0.15, 0.2) is 5.16 Å². The summed E-state index contributed by atoms with van der Waals surface area (Å²) >= 11 is 1.17. The van der Waals surface area contributed by atoms with Crippen molar-refractivity contribution in [1.82, 2.24) is 9.55 Å². The van der Waals surface area contributed by atoms with Crippen molar-refractivity contribution >= 4 is 34.3 Å². The SMILES string of the molecule is COc1ccc(OC)c(-n2c(S[C@H](C)C(=O)Nc3ccccc3OC)nc3ccccc3c2=O)c1. The summed E-state index contributed by atoms with van der Waals surface area (Å²) in [5, 5.41) is 3.10. The Morgan fingerprint density at radius 1 is 0.943 bits per heavy atom. The van der Waals surface area contributed by atoms with E-state index in [1.807, 2.05) is 18.2 Å². The molecule has 3 aromatic carbocycles. The largest absolute Gasteiger partial charge is 0.497 e. The van der Waals surface area contributed by atoms with Crippen molar-refractivity contribution in [1.29, 1.82) is 0 Å². The molecule has 8 nitrogen and oxygen atoms in total. The van der Waals surface area contributed by atoms with Crippen LogP contribution in [0.25, 0.3) is 16.6 Å². The molecule has 0 saturated heterocycles. The Morgan fingerprint density at radius 2 is 1.66 bits per heavy atom. The van der Waals surface area contributed by atoms with E-state index in [9.17, 15) is 9.59 Å². The molecule has 4 rings (SSSR count). The molecule has 0 saturated carbocycles. The van der Waals surface area contributed by atoms with Gasteiger partial charge >= 0.3 is 0 Å². The first kappa shape index (κ1) is 24.2. The van der Waals surface area contributed by atoms with Crippen LogP contribution in [-0.2, 0) is 4.79 Å². The van der Waals surface area contributed by atoms with E-state index in [1.165, 1.54) is 23.4 Å². The number of rotatable bonds is 8. The van der Waals surface area contributed by atoms with E-state index in [0.29, 0.717) is 44.7 Å². The molecule has 0 spiro atoms. The van der Waals surface area contributed by atoms with Gasteiger partial charge in [-0.3, -0.25) is 14.2 Å². The van der Waals surface area contributed by atoms with Crippen molar-refractivity contribution in [2.24, 2.45) is 0 Å². The molecule has 0 unspecified atom stereocenters. The average Bonchev–Trinajstić information content (AvgIpc) is 2.88. The standard InChI is InChI=1S/C26H25N3O5S/c1-16(24(30)27-20-11-7-8-12-22(20)33-3)35-26-28-19-10-6-5-9-18(19)25(31)29(26)21-15-17(32-2)13-14-23(21)34-4/h5-16H,1-4H3,(H,27,30)/t16-/m1/s1. The summed E-state index contributed by atoms with van der Waals surface area (Å²) in [7, 11) is 4.62. The second-order valence-corrected chi connectivity index (χ2v) is 8.85. The maximum absolute atomic E-state index is 13.6. The van der Waals surface area contributed by atoms with Gasteiger partial charge in [0.25, 0.3) is 5.56 Å². The van der Waals surface area contributed by atoms with Crippen molar-refractivity contribution in [3.05, 3.63) is 77.1 Å². The van der Waals surface area contributed by atoms with Crippen molar-refractivity contribution in [2.45, 2.75) is 17.3 Å². The number of nitrogens with one attached hydrogen (secondary N) is 1. The number of carbonyl (C=O) groups is 1. The third-order valence-corrected chi connectivity index (χ3v) is 6.44. The fraction of sp³-hybridized carbons (Fsp3) is 0.192. The van der Waals surface area contributed by atoms with Crippen LogP contribution in [0.4, 0.5) is 5.69 Å². The number of methoxy groups -OCH3 is 3. The first-order valence-electron chi connectivity index (χ1n) is 10.8. The second kappa shape index (κ2) is 10.5. The smallest absolute Gasteiger partial charge is 0.266 e. The molecule has 9 heteroatoms. The van der Waals surface area contributed by atoms with E-state index in [4.69, 9.17) is 19.2 Å². The lowest BCUT2D eigenvalue weighted by molar-refractivity contribution is -0.115. The summed E-state index contributed by atoms with van der Waals surface area (Å²) in [5.41, 5.74) is 1.29. The van der Waals surface area contributed by atoms with Gasteiger partial charge in [0.2, 0.25) is 5.91 Å². The summed E-state index contributed by atoms with van der Waals surface area (Å²) < 4.78 is 17.7. The summed E-state index contributed by atoms with van der Waals surface area (Å²) in [6.07, 6.45) is 0. The molecular weight excluding hydrogens is 466 g/mol. The van der Waals surface area contributed by atoms with E-state index in [0.717, 1.165) is 0 Å². The molecule has 1 atom stereocenters. The van der Waals surface area contributed by atoms with Gasteiger partial charge in [-0.15, -0.1) is 0 Å². The molecule has 0 fully saturated rings. The number of anilines is 1. The molecule has 0 radical (unpaired) electrons. The fourth-order valence-electron chi connectivity index (χ4n) is 3.57. The fourth-order valence-corrected chi connectivity index (χ4v) is 4.49. The van der Waals surface area contributed by atoms with E-state index in [1.54, 1.807) is 69.7 Å². The van der Waals surface area contributed by atoms with Crippen LogP contribution in [0.15, 0.2) is 76.7 Å². The highest BCUT2D eigenvalue weighted by molar-refractivity contribution is 8.00. The highest BCUT2D eigenvalue weighted by Gasteiger charge is 2.23. The minimum Gasteiger partial charge on any atom is -0.497 e. The second-order valence-electron chi connectivity index (χ2n) is 7.54. The summed E-state index contributed by atoms with van der Waals surface area (Å²) in [5.74, 6) is 1.32. The Labute approximate surface area is 206 Å². The third kappa shape index (κ3) is 4.95. The van der Waals surface area contributed by atoms with Gasteiger partial charge in [-0.05, 0) is 43.3 Å². The van der Waals surface area contributed by atoms with Crippen molar-refractivity contribution in [2.75, 3.05) is 26.6 Å². The molecule has 1 amide bonds.